The molecule has 166 valence electrons. The topological polar surface area (TPSA) is 81.2 Å². The molecule has 0 fully saturated rings. The number of H-pyrrole nitrogens is 1. The summed E-state index contributed by atoms with van der Waals surface area (Å²) in [5.41, 5.74) is 1.29. The second-order valence-electron chi connectivity index (χ2n) is 7.02. The van der Waals surface area contributed by atoms with Crippen LogP contribution in [-0.4, -0.2) is 24.3 Å². The van der Waals surface area contributed by atoms with Crippen LogP contribution in [0.5, 0.6) is 5.75 Å². The number of hydrogen-bond acceptors (Lipinski definition) is 4. The predicted octanol–water partition coefficient (Wildman–Crippen LogP) is 4.47. The van der Waals surface area contributed by atoms with Crippen LogP contribution in [0.2, 0.25) is 0 Å². The SMILES string of the molecule is CCc1c([C@H](C)S(=O)(=O)c2ccc(C)cc2)[nH]c(=O)n1-c1ccc(OC(F)(F)F)cc1. The van der Waals surface area contributed by atoms with E-state index in [0.717, 1.165) is 17.7 Å². The summed E-state index contributed by atoms with van der Waals surface area (Å²) in [5.74, 6) is -0.423. The summed E-state index contributed by atoms with van der Waals surface area (Å²) in [6, 6.07) is 11.2. The maximum absolute atomic E-state index is 13.1. The Bertz CT molecular complexity index is 1230. The van der Waals surface area contributed by atoms with Crippen molar-refractivity contribution in [3.05, 3.63) is 76.0 Å². The largest absolute Gasteiger partial charge is 0.573 e. The van der Waals surface area contributed by atoms with Crippen molar-refractivity contribution in [3.63, 3.8) is 0 Å². The summed E-state index contributed by atoms with van der Waals surface area (Å²) in [6.45, 7) is 5.09. The Morgan fingerprint density at radius 3 is 2.16 bits per heavy atom. The standard InChI is InChI=1S/C21H21F3N2O4S/c1-4-18-19(14(3)31(28,29)17-11-5-13(2)6-12-17)25-20(27)26(18)15-7-9-16(10-8-15)30-21(22,23)24/h5-12,14H,4H2,1-3H3,(H,25,27)/t14-/m0/s1. The van der Waals surface area contributed by atoms with Gasteiger partial charge in [0.1, 0.15) is 11.0 Å². The first kappa shape index (κ1) is 22.7. The fourth-order valence-corrected chi connectivity index (χ4v) is 4.76. The smallest absolute Gasteiger partial charge is 0.406 e. The lowest BCUT2D eigenvalue weighted by atomic mass is 10.2. The van der Waals surface area contributed by atoms with Crippen LogP contribution >= 0.6 is 0 Å². The lowest BCUT2D eigenvalue weighted by Crippen LogP contribution is -2.18. The van der Waals surface area contributed by atoms with Crippen LogP contribution in [0.1, 0.15) is 36.0 Å². The van der Waals surface area contributed by atoms with E-state index in [-0.39, 0.29) is 10.6 Å². The lowest BCUT2D eigenvalue weighted by molar-refractivity contribution is -0.274. The number of aromatic nitrogens is 2. The second-order valence-corrected chi connectivity index (χ2v) is 9.29. The van der Waals surface area contributed by atoms with E-state index in [1.165, 1.54) is 35.8 Å². The summed E-state index contributed by atoms with van der Waals surface area (Å²) in [5, 5.41) is -1.04. The first-order chi connectivity index (χ1) is 14.4. The number of halogens is 3. The Labute approximate surface area is 177 Å². The van der Waals surface area contributed by atoms with Gasteiger partial charge in [-0.1, -0.05) is 24.6 Å². The normalized spacial score (nSPS) is 13.2. The van der Waals surface area contributed by atoms with Crippen molar-refractivity contribution in [1.82, 2.24) is 9.55 Å². The molecule has 2 aromatic carbocycles. The molecule has 0 radical (unpaired) electrons. The molecule has 1 heterocycles. The molecule has 1 atom stereocenters. The molecule has 0 saturated heterocycles. The lowest BCUT2D eigenvalue weighted by Gasteiger charge is -2.15. The average Bonchev–Trinajstić information content (AvgIpc) is 3.03. The minimum atomic E-state index is -4.83. The van der Waals surface area contributed by atoms with E-state index < -0.39 is 32.9 Å². The molecule has 0 aliphatic heterocycles. The maximum Gasteiger partial charge on any atom is 0.573 e. The van der Waals surface area contributed by atoms with Gasteiger partial charge in [0.15, 0.2) is 9.84 Å². The van der Waals surface area contributed by atoms with Crippen molar-refractivity contribution < 1.29 is 26.3 Å². The second kappa shape index (κ2) is 8.26. The first-order valence-corrected chi connectivity index (χ1v) is 11.0. The third kappa shape index (κ3) is 4.68. The fourth-order valence-electron chi connectivity index (χ4n) is 3.33. The summed E-state index contributed by atoms with van der Waals surface area (Å²) in [6.07, 6.45) is -4.50. The van der Waals surface area contributed by atoms with Gasteiger partial charge >= 0.3 is 12.1 Å². The van der Waals surface area contributed by atoms with E-state index in [2.05, 4.69) is 9.72 Å². The highest BCUT2D eigenvalue weighted by atomic mass is 32.2. The van der Waals surface area contributed by atoms with Crippen LogP contribution < -0.4 is 10.4 Å². The fraction of sp³-hybridized carbons (Fsp3) is 0.286. The van der Waals surface area contributed by atoms with E-state index in [0.29, 0.717) is 17.8 Å². The molecular formula is C21H21F3N2O4S. The Kier molecular flexibility index (Phi) is 6.04. The zero-order valence-electron chi connectivity index (χ0n) is 17.0. The summed E-state index contributed by atoms with van der Waals surface area (Å²) in [4.78, 5) is 15.4. The highest BCUT2D eigenvalue weighted by Gasteiger charge is 2.32. The molecule has 31 heavy (non-hydrogen) atoms. The van der Waals surface area contributed by atoms with Crippen molar-refractivity contribution >= 4 is 9.84 Å². The van der Waals surface area contributed by atoms with Crippen LogP contribution in [0.4, 0.5) is 13.2 Å². The van der Waals surface area contributed by atoms with Gasteiger partial charge in [0, 0.05) is 5.69 Å². The molecule has 1 aromatic heterocycles. The highest BCUT2D eigenvalue weighted by Crippen LogP contribution is 2.31. The number of benzene rings is 2. The maximum atomic E-state index is 13.1. The molecule has 0 saturated carbocycles. The number of imidazole rings is 1. The number of alkyl halides is 3. The molecule has 0 amide bonds. The van der Waals surface area contributed by atoms with Crippen LogP contribution in [0.3, 0.4) is 0 Å². The van der Waals surface area contributed by atoms with Crippen LogP contribution in [0.15, 0.2) is 58.2 Å². The van der Waals surface area contributed by atoms with Gasteiger partial charge in [-0.05, 0) is 56.7 Å². The third-order valence-electron chi connectivity index (χ3n) is 4.91. The van der Waals surface area contributed by atoms with Gasteiger partial charge in [-0.25, -0.2) is 13.2 Å². The number of ether oxygens (including phenoxy) is 1. The van der Waals surface area contributed by atoms with E-state index in [9.17, 15) is 26.4 Å². The van der Waals surface area contributed by atoms with Gasteiger partial charge in [0.05, 0.1) is 16.3 Å². The third-order valence-corrected chi connectivity index (χ3v) is 7.01. The minimum Gasteiger partial charge on any atom is -0.406 e. The summed E-state index contributed by atoms with van der Waals surface area (Å²) >= 11 is 0. The van der Waals surface area contributed by atoms with Crippen LogP contribution in [0, 0.1) is 6.92 Å². The number of nitrogens with zero attached hydrogens (tertiary/aromatic N) is 1. The Morgan fingerprint density at radius 2 is 1.65 bits per heavy atom. The molecule has 0 unspecified atom stereocenters. The highest BCUT2D eigenvalue weighted by molar-refractivity contribution is 7.91. The van der Waals surface area contributed by atoms with Crippen LogP contribution in [-0.2, 0) is 16.3 Å². The molecule has 1 N–H and O–H groups in total. The van der Waals surface area contributed by atoms with Gasteiger partial charge in [-0.2, -0.15) is 0 Å². The Hall–Kier alpha value is -3.01. The molecule has 0 aliphatic rings. The monoisotopic (exact) mass is 454 g/mol. The molecule has 0 spiro atoms. The van der Waals surface area contributed by atoms with Crippen molar-refractivity contribution in [3.8, 4) is 11.4 Å². The van der Waals surface area contributed by atoms with Crippen molar-refractivity contribution in [2.75, 3.05) is 0 Å². The van der Waals surface area contributed by atoms with Gasteiger partial charge in [0.2, 0.25) is 0 Å². The number of nitrogens with one attached hydrogen (secondary N) is 1. The number of hydrogen-bond donors (Lipinski definition) is 1. The van der Waals surface area contributed by atoms with Gasteiger partial charge in [-0.15, -0.1) is 13.2 Å². The molecule has 3 aromatic rings. The molecule has 10 heteroatoms. The quantitative estimate of drug-likeness (QED) is 0.596. The van der Waals surface area contributed by atoms with E-state index >= 15 is 0 Å². The Balaban J connectivity index is 2.02. The van der Waals surface area contributed by atoms with Crippen molar-refractivity contribution in [1.29, 1.82) is 0 Å². The number of rotatable bonds is 6. The Morgan fingerprint density at radius 1 is 1.06 bits per heavy atom. The molecule has 0 bridgehead atoms. The van der Waals surface area contributed by atoms with E-state index in [1.807, 2.05) is 6.92 Å². The molecule has 0 aliphatic carbocycles. The molecule has 3 rings (SSSR count). The number of aromatic amines is 1. The molecule has 6 nitrogen and oxygen atoms in total. The summed E-state index contributed by atoms with van der Waals surface area (Å²) in [7, 11) is -3.78. The predicted molar refractivity (Wildman–Crippen MR) is 109 cm³/mol. The zero-order chi connectivity index (χ0) is 23.0. The summed E-state index contributed by atoms with van der Waals surface area (Å²) < 4.78 is 68.4. The average molecular weight is 454 g/mol. The van der Waals surface area contributed by atoms with Crippen LogP contribution in [0.25, 0.3) is 5.69 Å². The molecular weight excluding hydrogens is 433 g/mol. The zero-order valence-corrected chi connectivity index (χ0v) is 17.8. The van der Waals surface area contributed by atoms with Crippen molar-refractivity contribution in [2.45, 2.75) is 43.7 Å². The van der Waals surface area contributed by atoms with Gasteiger partial charge < -0.3 is 9.72 Å². The van der Waals surface area contributed by atoms with Crippen molar-refractivity contribution in [2.24, 2.45) is 0 Å². The number of sulfone groups is 1. The van der Waals surface area contributed by atoms with Gasteiger partial charge in [0.25, 0.3) is 0 Å². The first-order valence-electron chi connectivity index (χ1n) is 9.44. The van der Waals surface area contributed by atoms with E-state index in [1.54, 1.807) is 19.1 Å². The van der Waals surface area contributed by atoms with Gasteiger partial charge in [-0.3, -0.25) is 4.57 Å². The minimum absolute atomic E-state index is 0.134. The number of aryl methyl sites for hydroxylation is 1. The van der Waals surface area contributed by atoms with E-state index in [4.69, 9.17) is 0 Å².